The fourth-order valence-electron chi connectivity index (χ4n) is 1.98. The van der Waals surface area contributed by atoms with Gasteiger partial charge in [-0.1, -0.05) is 0 Å². The van der Waals surface area contributed by atoms with Crippen molar-refractivity contribution >= 4 is 12.3 Å². The SMILES string of the molecule is O=Cc1cnn(C2CCN(CC(=O)O)C2)c1. The number of aliphatic carboxylic acids is 1. The first-order valence-electron chi connectivity index (χ1n) is 5.12. The number of carboxylic acids is 1. The van der Waals surface area contributed by atoms with Crippen molar-refractivity contribution in [2.75, 3.05) is 19.6 Å². The molecule has 2 heterocycles. The van der Waals surface area contributed by atoms with E-state index in [1.807, 2.05) is 4.90 Å². The Kier molecular flexibility index (Phi) is 3.00. The summed E-state index contributed by atoms with van der Waals surface area (Å²) in [6.07, 6.45) is 4.84. The Hall–Kier alpha value is -1.69. The third-order valence-electron chi connectivity index (χ3n) is 2.74. The van der Waals surface area contributed by atoms with Crippen molar-refractivity contribution in [3.63, 3.8) is 0 Å². The van der Waals surface area contributed by atoms with Crippen molar-refractivity contribution in [1.82, 2.24) is 14.7 Å². The van der Waals surface area contributed by atoms with Gasteiger partial charge in [0.2, 0.25) is 0 Å². The smallest absolute Gasteiger partial charge is 0.317 e. The highest BCUT2D eigenvalue weighted by Gasteiger charge is 2.25. The minimum atomic E-state index is -0.810. The Morgan fingerprint density at radius 3 is 3.12 bits per heavy atom. The molecular formula is C10H13N3O3. The van der Waals surface area contributed by atoms with Gasteiger partial charge in [-0.05, 0) is 6.42 Å². The van der Waals surface area contributed by atoms with Crippen molar-refractivity contribution in [3.8, 4) is 0 Å². The molecule has 1 N–H and O–H groups in total. The molecule has 16 heavy (non-hydrogen) atoms. The average molecular weight is 223 g/mol. The van der Waals surface area contributed by atoms with E-state index in [2.05, 4.69) is 5.10 Å². The van der Waals surface area contributed by atoms with Gasteiger partial charge in [0, 0.05) is 19.3 Å². The number of carbonyl (C=O) groups excluding carboxylic acids is 1. The fourth-order valence-corrected chi connectivity index (χ4v) is 1.98. The summed E-state index contributed by atoms with van der Waals surface area (Å²) in [5.74, 6) is -0.810. The first kappa shape index (κ1) is 10.8. The Labute approximate surface area is 92.5 Å². The molecule has 86 valence electrons. The zero-order chi connectivity index (χ0) is 11.5. The van der Waals surface area contributed by atoms with Crippen LogP contribution < -0.4 is 0 Å². The van der Waals surface area contributed by atoms with Crippen molar-refractivity contribution in [3.05, 3.63) is 18.0 Å². The van der Waals surface area contributed by atoms with Gasteiger partial charge in [0.05, 0.1) is 24.3 Å². The number of carbonyl (C=O) groups is 2. The Bertz CT molecular complexity index is 402. The van der Waals surface area contributed by atoms with Crippen LogP contribution in [0.5, 0.6) is 0 Å². The van der Waals surface area contributed by atoms with Gasteiger partial charge in [0.25, 0.3) is 0 Å². The lowest BCUT2D eigenvalue weighted by Gasteiger charge is -2.13. The van der Waals surface area contributed by atoms with E-state index in [-0.39, 0.29) is 12.6 Å². The van der Waals surface area contributed by atoms with Gasteiger partial charge in [-0.3, -0.25) is 19.2 Å². The number of rotatable bonds is 4. The molecule has 0 bridgehead atoms. The van der Waals surface area contributed by atoms with E-state index in [1.165, 1.54) is 6.20 Å². The van der Waals surface area contributed by atoms with Crippen LogP contribution in [0, 0.1) is 0 Å². The lowest BCUT2D eigenvalue weighted by molar-refractivity contribution is -0.138. The molecule has 0 aliphatic carbocycles. The topological polar surface area (TPSA) is 75.4 Å². The summed E-state index contributed by atoms with van der Waals surface area (Å²) < 4.78 is 1.74. The Balaban J connectivity index is 1.97. The molecule has 0 saturated carbocycles. The summed E-state index contributed by atoms with van der Waals surface area (Å²) in [6, 6.07) is 0.174. The summed E-state index contributed by atoms with van der Waals surface area (Å²) in [4.78, 5) is 22.9. The minimum Gasteiger partial charge on any atom is -0.480 e. The molecule has 2 rings (SSSR count). The highest BCUT2D eigenvalue weighted by atomic mass is 16.4. The highest BCUT2D eigenvalue weighted by Crippen LogP contribution is 2.20. The van der Waals surface area contributed by atoms with E-state index in [1.54, 1.807) is 10.9 Å². The number of hydrogen-bond acceptors (Lipinski definition) is 4. The van der Waals surface area contributed by atoms with Crippen LogP contribution in [0.25, 0.3) is 0 Å². The number of hydrogen-bond donors (Lipinski definition) is 1. The first-order chi connectivity index (χ1) is 7.69. The molecule has 0 radical (unpaired) electrons. The fraction of sp³-hybridized carbons (Fsp3) is 0.500. The van der Waals surface area contributed by atoms with Crippen LogP contribution >= 0.6 is 0 Å². The van der Waals surface area contributed by atoms with Crippen molar-refractivity contribution in [2.45, 2.75) is 12.5 Å². The number of likely N-dealkylation sites (tertiary alicyclic amines) is 1. The van der Waals surface area contributed by atoms with Crippen LogP contribution in [0.3, 0.4) is 0 Å². The van der Waals surface area contributed by atoms with Crippen LogP contribution in [0.4, 0.5) is 0 Å². The molecule has 1 aromatic heterocycles. The maximum atomic E-state index is 10.5. The number of nitrogens with zero attached hydrogens (tertiary/aromatic N) is 3. The quantitative estimate of drug-likeness (QED) is 0.729. The molecule has 1 atom stereocenters. The van der Waals surface area contributed by atoms with E-state index in [4.69, 9.17) is 5.11 Å². The van der Waals surface area contributed by atoms with Gasteiger partial charge >= 0.3 is 5.97 Å². The summed E-state index contributed by atoms with van der Waals surface area (Å²) in [6.45, 7) is 1.50. The van der Waals surface area contributed by atoms with Gasteiger partial charge in [-0.2, -0.15) is 5.10 Å². The molecular weight excluding hydrogens is 210 g/mol. The number of aldehydes is 1. The molecule has 0 amide bonds. The number of aromatic nitrogens is 2. The van der Waals surface area contributed by atoms with Gasteiger partial charge in [0.1, 0.15) is 0 Å². The first-order valence-corrected chi connectivity index (χ1v) is 5.12. The summed E-state index contributed by atoms with van der Waals surface area (Å²) >= 11 is 0. The Morgan fingerprint density at radius 2 is 2.50 bits per heavy atom. The molecule has 0 aromatic carbocycles. The van der Waals surface area contributed by atoms with E-state index in [0.717, 1.165) is 19.3 Å². The minimum absolute atomic E-state index is 0.0678. The monoisotopic (exact) mass is 223 g/mol. The highest BCUT2D eigenvalue weighted by molar-refractivity contribution is 5.73. The normalized spacial score (nSPS) is 21.1. The zero-order valence-electron chi connectivity index (χ0n) is 8.74. The van der Waals surface area contributed by atoms with Crippen molar-refractivity contribution in [2.24, 2.45) is 0 Å². The zero-order valence-corrected chi connectivity index (χ0v) is 8.74. The molecule has 1 unspecified atom stereocenters. The predicted octanol–water partition coefficient (Wildman–Crippen LogP) is 0.0270. The third-order valence-corrected chi connectivity index (χ3v) is 2.74. The molecule has 1 aromatic rings. The summed E-state index contributed by atoms with van der Waals surface area (Å²) in [7, 11) is 0. The standard InChI is InChI=1S/C10H13N3O3/c14-7-8-3-11-13(4-8)9-1-2-12(5-9)6-10(15)16/h3-4,7,9H,1-2,5-6H2,(H,15,16). The lowest BCUT2D eigenvalue weighted by Crippen LogP contribution is -2.27. The predicted molar refractivity (Wildman–Crippen MR) is 55.3 cm³/mol. The number of carboxylic acid groups (broad SMARTS) is 1. The van der Waals surface area contributed by atoms with Crippen LogP contribution in [0.1, 0.15) is 22.8 Å². The molecule has 1 aliphatic heterocycles. The van der Waals surface area contributed by atoms with Crippen LogP contribution in [0.15, 0.2) is 12.4 Å². The van der Waals surface area contributed by atoms with Crippen molar-refractivity contribution in [1.29, 1.82) is 0 Å². The second kappa shape index (κ2) is 4.44. The second-order valence-electron chi connectivity index (χ2n) is 3.94. The van der Waals surface area contributed by atoms with Gasteiger partial charge < -0.3 is 5.11 Å². The largest absolute Gasteiger partial charge is 0.480 e. The maximum Gasteiger partial charge on any atom is 0.317 e. The lowest BCUT2D eigenvalue weighted by atomic mass is 10.3. The molecule has 1 aliphatic rings. The summed E-state index contributed by atoms with van der Waals surface area (Å²) in [5, 5.41) is 12.8. The van der Waals surface area contributed by atoms with Gasteiger partial charge in [0.15, 0.2) is 6.29 Å². The van der Waals surface area contributed by atoms with E-state index in [0.29, 0.717) is 12.1 Å². The van der Waals surface area contributed by atoms with E-state index in [9.17, 15) is 9.59 Å². The third kappa shape index (κ3) is 2.27. The van der Waals surface area contributed by atoms with Gasteiger partial charge in [-0.25, -0.2) is 0 Å². The molecule has 6 heteroatoms. The van der Waals surface area contributed by atoms with Crippen LogP contribution in [0.2, 0.25) is 0 Å². The van der Waals surface area contributed by atoms with Gasteiger partial charge in [-0.15, -0.1) is 0 Å². The maximum absolute atomic E-state index is 10.5. The molecule has 0 spiro atoms. The van der Waals surface area contributed by atoms with E-state index < -0.39 is 5.97 Å². The average Bonchev–Trinajstić information content (AvgIpc) is 2.83. The Morgan fingerprint density at radius 1 is 1.69 bits per heavy atom. The molecule has 1 saturated heterocycles. The van der Waals surface area contributed by atoms with Crippen molar-refractivity contribution < 1.29 is 14.7 Å². The van der Waals surface area contributed by atoms with E-state index >= 15 is 0 Å². The van der Waals surface area contributed by atoms with Crippen LogP contribution in [-0.2, 0) is 4.79 Å². The molecule has 1 fully saturated rings. The van der Waals surface area contributed by atoms with Crippen LogP contribution in [-0.4, -0.2) is 51.7 Å². The summed E-state index contributed by atoms with van der Waals surface area (Å²) in [5.41, 5.74) is 0.552. The second-order valence-corrected chi connectivity index (χ2v) is 3.94. The molecule has 6 nitrogen and oxygen atoms in total.